The topological polar surface area (TPSA) is 55.9 Å². The lowest BCUT2D eigenvalue weighted by atomic mass is 9.92. The monoisotopic (exact) mass is 414 g/mol. The number of piperidine rings is 1. The molecule has 0 bridgehead atoms. The summed E-state index contributed by atoms with van der Waals surface area (Å²) >= 11 is 0. The van der Waals surface area contributed by atoms with Gasteiger partial charge in [0.1, 0.15) is 0 Å². The Balaban J connectivity index is 1.43. The van der Waals surface area contributed by atoms with Crippen LogP contribution >= 0.6 is 0 Å². The second-order valence-corrected chi connectivity index (χ2v) is 9.37. The van der Waals surface area contributed by atoms with Crippen LogP contribution in [0.3, 0.4) is 0 Å². The number of carbonyl (C=O) groups is 2. The molecule has 2 amide bonds. The van der Waals surface area contributed by atoms with Crippen molar-refractivity contribution in [2.24, 2.45) is 11.8 Å². The van der Waals surface area contributed by atoms with Gasteiger partial charge in [-0.25, -0.2) is 0 Å². The van der Waals surface area contributed by atoms with Gasteiger partial charge in [-0.2, -0.15) is 0 Å². The molecule has 6 heteroatoms. The second kappa shape index (κ2) is 10.4. The Kier molecular flexibility index (Phi) is 7.89. The molecular formula is C24H38N4O2. The number of benzene rings is 1. The van der Waals surface area contributed by atoms with E-state index in [-0.39, 0.29) is 23.9 Å². The lowest BCUT2D eigenvalue weighted by Gasteiger charge is -2.39. The maximum absolute atomic E-state index is 12.7. The molecule has 1 N–H and O–H groups in total. The highest BCUT2D eigenvalue weighted by Gasteiger charge is 2.30. The van der Waals surface area contributed by atoms with Gasteiger partial charge < -0.3 is 10.2 Å². The van der Waals surface area contributed by atoms with E-state index in [2.05, 4.69) is 29.0 Å². The summed E-state index contributed by atoms with van der Waals surface area (Å²) in [7, 11) is 0. The van der Waals surface area contributed by atoms with Crippen molar-refractivity contribution in [2.45, 2.75) is 46.2 Å². The first-order chi connectivity index (χ1) is 14.3. The van der Waals surface area contributed by atoms with E-state index in [0.29, 0.717) is 18.4 Å². The minimum atomic E-state index is -0.169. The number of likely N-dealkylation sites (tertiary alicyclic amines) is 1. The zero-order chi connectivity index (χ0) is 21.7. The first-order valence-electron chi connectivity index (χ1n) is 11.4. The average Bonchev–Trinajstić information content (AvgIpc) is 2.73. The van der Waals surface area contributed by atoms with Crippen LogP contribution in [0.2, 0.25) is 0 Å². The summed E-state index contributed by atoms with van der Waals surface area (Å²) < 4.78 is 0. The zero-order valence-corrected chi connectivity index (χ0v) is 19.0. The van der Waals surface area contributed by atoms with Crippen molar-refractivity contribution < 1.29 is 9.59 Å². The molecule has 0 spiro atoms. The van der Waals surface area contributed by atoms with Gasteiger partial charge in [-0.05, 0) is 37.7 Å². The van der Waals surface area contributed by atoms with Crippen LogP contribution in [0.5, 0.6) is 0 Å². The summed E-state index contributed by atoms with van der Waals surface area (Å²) in [5.41, 5.74) is 1.11. The molecule has 0 unspecified atom stereocenters. The predicted octanol–water partition coefficient (Wildman–Crippen LogP) is 2.37. The minimum absolute atomic E-state index is 0.00520. The van der Waals surface area contributed by atoms with E-state index < -0.39 is 0 Å². The van der Waals surface area contributed by atoms with Gasteiger partial charge >= 0.3 is 0 Å². The first kappa shape index (κ1) is 22.8. The van der Waals surface area contributed by atoms with Crippen molar-refractivity contribution in [1.82, 2.24) is 20.0 Å². The second-order valence-electron chi connectivity index (χ2n) is 9.37. The molecule has 2 saturated heterocycles. The summed E-state index contributed by atoms with van der Waals surface area (Å²) in [6.45, 7) is 14.0. The Hall–Kier alpha value is -1.92. The Morgan fingerprint density at radius 3 is 2.20 bits per heavy atom. The minimum Gasteiger partial charge on any atom is -0.348 e. The van der Waals surface area contributed by atoms with Gasteiger partial charge in [0, 0.05) is 39.3 Å². The van der Waals surface area contributed by atoms with Crippen LogP contribution in [0.25, 0.3) is 0 Å². The SMILES string of the molecule is C[C@@H]1C[C@H](C)CN(C(=O)CN2CCN([C@@H](C)C(=O)N[C@@H](C)c3ccccc3)CC2)C1. The summed E-state index contributed by atoms with van der Waals surface area (Å²) in [4.78, 5) is 32.0. The molecule has 0 aromatic heterocycles. The van der Waals surface area contributed by atoms with Crippen LogP contribution < -0.4 is 5.32 Å². The van der Waals surface area contributed by atoms with Crippen LogP contribution in [-0.4, -0.2) is 78.4 Å². The average molecular weight is 415 g/mol. The van der Waals surface area contributed by atoms with Crippen LogP contribution in [0.1, 0.15) is 45.7 Å². The highest BCUT2D eigenvalue weighted by molar-refractivity contribution is 5.81. The molecule has 0 saturated carbocycles. The number of hydrogen-bond acceptors (Lipinski definition) is 4. The molecule has 2 aliphatic heterocycles. The highest BCUT2D eigenvalue weighted by Crippen LogP contribution is 2.21. The fraction of sp³-hybridized carbons (Fsp3) is 0.667. The molecule has 2 heterocycles. The third kappa shape index (κ3) is 6.05. The lowest BCUT2D eigenvalue weighted by molar-refractivity contribution is -0.136. The maximum Gasteiger partial charge on any atom is 0.237 e. The molecule has 0 aliphatic carbocycles. The van der Waals surface area contributed by atoms with Crippen LogP contribution in [0.15, 0.2) is 30.3 Å². The van der Waals surface area contributed by atoms with Gasteiger partial charge in [-0.15, -0.1) is 0 Å². The molecular weight excluding hydrogens is 376 g/mol. The van der Waals surface area contributed by atoms with E-state index in [9.17, 15) is 9.59 Å². The van der Waals surface area contributed by atoms with Crippen molar-refractivity contribution in [3.05, 3.63) is 35.9 Å². The molecule has 30 heavy (non-hydrogen) atoms. The number of nitrogens with one attached hydrogen (secondary N) is 1. The smallest absolute Gasteiger partial charge is 0.237 e. The number of hydrogen-bond donors (Lipinski definition) is 1. The molecule has 1 aromatic rings. The standard InChI is InChI=1S/C24H38N4O2/c1-18-14-19(2)16-28(15-18)23(29)17-26-10-12-27(13-11-26)21(4)24(30)25-20(3)22-8-6-5-7-9-22/h5-9,18-21H,10-17H2,1-4H3,(H,25,30)/t18-,19+,20-,21-/m0/s1. The zero-order valence-electron chi connectivity index (χ0n) is 19.0. The number of nitrogens with zero attached hydrogens (tertiary/aromatic N) is 3. The van der Waals surface area contributed by atoms with Crippen LogP contribution in [0.4, 0.5) is 0 Å². The van der Waals surface area contributed by atoms with Crippen molar-refractivity contribution >= 4 is 11.8 Å². The number of piperazine rings is 1. The van der Waals surface area contributed by atoms with Gasteiger partial charge in [-0.1, -0.05) is 44.2 Å². The molecule has 0 radical (unpaired) electrons. The highest BCUT2D eigenvalue weighted by atomic mass is 16.2. The first-order valence-corrected chi connectivity index (χ1v) is 11.4. The quantitative estimate of drug-likeness (QED) is 0.777. The summed E-state index contributed by atoms with van der Waals surface area (Å²) in [6, 6.07) is 9.87. The van der Waals surface area contributed by atoms with Crippen molar-refractivity contribution in [3.8, 4) is 0 Å². The van der Waals surface area contributed by atoms with Crippen LogP contribution in [-0.2, 0) is 9.59 Å². The predicted molar refractivity (Wildman–Crippen MR) is 120 cm³/mol. The fourth-order valence-electron chi connectivity index (χ4n) is 4.79. The van der Waals surface area contributed by atoms with E-state index in [0.717, 1.165) is 44.8 Å². The van der Waals surface area contributed by atoms with E-state index in [1.54, 1.807) is 0 Å². The summed E-state index contributed by atoms with van der Waals surface area (Å²) in [5.74, 6) is 1.50. The van der Waals surface area contributed by atoms with E-state index >= 15 is 0 Å². The molecule has 1 aromatic carbocycles. The Labute approximate surface area is 181 Å². The van der Waals surface area contributed by atoms with Crippen molar-refractivity contribution in [1.29, 1.82) is 0 Å². The Bertz CT molecular complexity index is 692. The molecule has 6 nitrogen and oxygen atoms in total. The number of rotatable bonds is 6. The lowest BCUT2D eigenvalue weighted by Crippen LogP contribution is -2.56. The number of carbonyl (C=O) groups excluding carboxylic acids is 2. The molecule has 2 fully saturated rings. The normalized spacial score (nSPS) is 25.5. The van der Waals surface area contributed by atoms with Gasteiger partial charge in [0.2, 0.25) is 11.8 Å². The summed E-state index contributed by atoms with van der Waals surface area (Å²) in [6.07, 6.45) is 1.21. The molecule has 166 valence electrons. The maximum atomic E-state index is 12.7. The molecule has 2 aliphatic rings. The van der Waals surface area contributed by atoms with Gasteiger partial charge in [0.05, 0.1) is 18.6 Å². The molecule has 4 atom stereocenters. The number of amides is 2. The Morgan fingerprint density at radius 1 is 1.00 bits per heavy atom. The largest absolute Gasteiger partial charge is 0.348 e. The third-order valence-electron chi connectivity index (χ3n) is 6.57. The Morgan fingerprint density at radius 2 is 1.60 bits per heavy atom. The van der Waals surface area contributed by atoms with E-state index in [1.807, 2.05) is 49.1 Å². The third-order valence-corrected chi connectivity index (χ3v) is 6.57. The van der Waals surface area contributed by atoms with E-state index in [4.69, 9.17) is 0 Å². The summed E-state index contributed by atoms with van der Waals surface area (Å²) in [5, 5.41) is 3.13. The van der Waals surface area contributed by atoms with Crippen molar-refractivity contribution in [3.63, 3.8) is 0 Å². The van der Waals surface area contributed by atoms with Gasteiger partial charge in [-0.3, -0.25) is 19.4 Å². The fourth-order valence-corrected chi connectivity index (χ4v) is 4.79. The van der Waals surface area contributed by atoms with Crippen molar-refractivity contribution in [2.75, 3.05) is 45.8 Å². The van der Waals surface area contributed by atoms with Crippen LogP contribution in [0, 0.1) is 11.8 Å². The molecule has 3 rings (SSSR count). The van der Waals surface area contributed by atoms with Gasteiger partial charge in [0.15, 0.2) is 0 Å². The van der Waals surface area contributed by atoms with E-state index in [1.165, 1.54) is 6.42 Å². The van der Waals surface area contributed by atoms with Gasteiger partial charge in [0.25, 0.3) is 0 Å².